The van der Waals surface area contributed by atoms with Gasteiger partial charge in [0.25, 0.3) is 0 Å². The molecule has 0 radical (unpaired) electrons. The number of methoxy groups -OCH3 is 1. The van der Waals surface area contributed by atoms with Crippen LogP contribution in [0.4, 0.5) is 10.5 Å². The van der Waals surface area contributed by atoms with Crippen LogP contribution in [-0.2, 0) is 4.74 Å². The van der Waals surface area contributed by atoms with Crippen molar-refractivity contribution in [2.75, 3.05) is 32.2 Å². The number of pyridine rings is 1. The number of urea groups is 1. The number of carbonyl (C=O) groups excluding carboxylic acids is 1. The van der Waals surface area contributed by atoms with Gasteiger partial charge in [-0.3, -0.25) is 0 Å². The standard InChI is InChI=1S/C13H21N3O3/c1-10(2)9-15-13(17)16-11-5-4-6-14-12(11)19-8-7-18-3/h4-6,10H,7-9H2,1-3H3,(H2,15,16,17). The van der Waals surface area contributed by atoms with Crippen molar-refractivity contribution in [3.63, 3.8) is 0 Å². The third-order valence-corrected chi connectivity index (χ3v) is 2.22. The lowest BCUT2D eigenvalue weighted by Gasteiger charge is -2.12. The van der Waals surface area contributed by atoms with Gasteiger partial charge in [-0.15, -0.1) is 0 Å². The largest absolute Gasteiger partial charge is 0.474 e. The molecule has 0 aliphatic heterocycles. The van der Waals surface area contributed by atoms with Crippen molar-refractivity contribution >= 4 is 11.7 Å². The van der Waals surface area contributed by atoms with Crippen LogP contribution in [0, 0.1) is 5.92 Å². The second-order valence-corrected chi connectivity index (χ2v) is 4.43. The highest BCUT2D eigenvalue weighted by atomic mass is 16.5. The van der Waals surface area contributed by atoms with E-state index in [2.05, 4.69) is 15.6 Å². The lowest BCUT2D eigenvalue weighted by Crippen LogP contribution is -2.31. The molecule has 19 heavy (non-hydrogen) atoms. The van der Waals surface area contributed by atoms with E-state index in [4.69, 9.17) is 9.47 Å². The normalized spacial score (nSPS) is 10.3. The number of nitrogens with one attached hydrogen (secondary N) is 2. The lowest BCUT2D eigenvalue weighted by molar-refractivity contribution is 0.144. The summed E-state index contributed by atoms with van der Waals surface area (Å²) in [6.45, 7) is 5.53. The van der Waals surface area contributed by atoms with Gasteiger partial charge >= 0.3 is 6.03 Å². The summed E-state index contributed by atoms with van der Waals surface area (Å²) in [5.74, 6) is 0.788. The third-order valence-electron chi connectivity index (χ3n) is 2.22. The van der Waals surface area contributed by atoms with E-state index in [0.717, 1.165) is 0 Å². The molecular weight excluding hydrogens is 246 g/mol. The Bertz CT molecular complexity index is 396. The van der Waals surface area contributed by atoms with Crippen molar-refractivity contribution < 1.29 is 14.3 Å². The molecule has 0 atom stereocenters. The molecule has 0 aliphatic rings. The van der Waals surface area contributed by atoms with Crippen LogP contribution in [0.2, 0.25) is 0 Å². The van der Waals surface area contributed by atoms with Crippen LogP contribution in [0.25, 0.3) is 0 Å². The summed E-state index contributed by atoms with van der Waals surface area (Å²) in [5, 5.41) is 5.48. The van der Waals surface area contributed by atoms with Crippen LogP contribution in [0.15, 0.2) is 18.3 Å². The van der Waals surface area contributed by atoms with E-state index in [1.807, 2.05) is 13.8 Å². The molecule has 0 fully saturated rings. The fraction of sp³-hybridized carbons (Fsp3) is 0.538. The molecule has 0 saturated carbocycles. The minimum atomic E-state index is -0.265. The summed E-state index contributed by atoms with van der Waals surface area (Å²) in [5.41, 5.74) is 0.542. The summed E-state index contributed by atoms with van der Waals surface area (Å²) in [6.07, 6.45) is 1.61. The maximum absolute atomic E-state index is 11.7. The highest BCUT2D eigenvalue weighted by Gasteiger charge is 2.08. The molecule has 6 nitrogen and oxygen atoms in total. The zero-order valence-electron chi connectivity index (χ0n) is 11.6. The molecule has 6 heteroatoms. The fourth-order valence-electron chi connectivity index (χ4n) is 1.29. The second-order valence-electron chi connectivity index (χ2n) is 4.43. The Kier molecular flexibility index (Phi) is 6.67. The first kappa shape index (κ1) is 15.2. The predicted molar refractivity (Wildman–Crippen MR) is 73.5 cm³/mol. The van der Waals surface area contributed by atoms with Crippen molar-refractivity contribution in [2.24, 2.45) is 5.92 Å². The number of hydrogen-bond donors (Lipinski definition) is 2. The number of hydrogen-bond acceptors (Lipinski definition) is 4. The van der Waals surface area contributed by atoms with Gasteiger partial charge < -0.3 is 20.1 Å². The first-order valence-electron chi connectivity index (χ1n) is 6.25. The van der Waals surface area contributed by atoms with Crippen molar-refractivity contribution in [3.05, 3.63) is 18.3 Å². The van der Waals surface area contributed by atoms with Crippen LogP contribution in [-0.4, -0.2) is 37.9 Å². The number of ether oxygens (including phenoxy) is 2. The average Bonchev–Trinajstić information content (AvgIpc) is 2.39. The summed E-state index contributed by atoms with van der Waals surface area (Å²) in [4.78, 5) is 15.7. The molecule has 1 aromatic rings. The minimum Gasteiger partial charge on any atom is -0.474 e. The van der Waals surface area contributed by atoms with Gasteiger partial charge in [0.05, 0.1) is 6.61 Å². The van der Waals surface area contributed by atoms with Crippen LogP contribution in [0.1, 0.15) is 13.8 Å². The first-order chi connectivity index (χ1) is 9.13. The third kappa shape index (κ3) is 6.05. The van der Waals surface area contributed by atoms with E-state index < -0.39 is 0 Å². The number of aromatic nitrogens is 1. The molecule has 1 aromatic heterocycles. The Morgan fingerprint density at radius 3 is 2.89 bits per heavy atom. The Morgan fingerprint density at radius 1 is 1.42 bits per heavy atom. The van der Waals surface area contributed by atoms with E-state index in [-0.39, 0.29) is 6.03 Å². The van der Waals surface area contributed by atoms with Gasteiger partial charge in [0, 0.05) is 19.9 Å². The van der Waals surface area contributed by atoms with E-state index in [9.17, 15) is 4.79 Å². The molecule has 1 heterocycles. The van der Waals surface area contributed by atoms with Gasteiger partial charge in [-0.2, -0.15) is 0 Å². The molecule has 0 saturated heterocycles. The smallest absolute Gasteiger partial charge is 0.319 e. The molecule has 106 valence electrons. The number of nitrogens with zero attached hydrogens (tertiary/aromatic N) is 1. The Hall–Kier alpha value is -1.82. The molecular formula is C13H21N3O3. The van der Waals surface area contributed by atoms with E-state index in [1.165, 1.54) is 0 Å². The molecule has 0 aromatic carbocycles. The van der Waals surface area contributed by atoms with Crippen LogP contribution >= 0.6 is 0 Å². The number of amides is 2. The maximum atomic E-state index is 11.7. The van der Waals surface area contributed by atoms with Gasteiger partial charge in [0.1, 0.15) is 12.3 Å². The molecule has 1 rings (SSSR count). The number of anilines is 1. The minimum absolute atomic E-state index is 0.265. The van der Waals surface area contributed by atoms with Gasteiger partial charge in [-0.25, -0.2) is 9.78 Å². The van der Waals surface area contributed by atoms with Crippen molar-refractivity contribution in [2.45, 2.75) is 13.8 Å². The number of rotatable bonds is 7. The SMILES string of the molecule is COCCOc1ncccc1NC(=O)NCC(C)C. The second kappa shape index (κ2) is 8.31. The summed E-state index contributed by atoms with van der Waals surface area (Å²) in [6, 6.07) is 3.21. The van der Waals surface area contributed by atoms with Gasteiger partial charge in [0.15, 0.2) is 0 Å². The molecule has 0 bridgehead atoms. The Morgan fingerprint density at radius 2 is 2.21 bits per heavy atom. The highest BCUT2D eigenvalue weighted by Crippen LogP contribution is 2.20. The van der Waals surface area contributed by atoms with Crippen molar-refractivity contribution in [3.8, 4) is 5.88 Å². The van der Waals surface area contributed by atoms with Gasteiger partial charge in [-0.1, -0.05) is 13.8 Å². The monoisotopic (exact) mass is 267 g/mol. The summed E-state index contributed by atoms with van der Waals surface area (Å²) >= 11 is 0. The van der Waals surface area contributed by atoms with Crippen molar-refractivity contribution in [1.82, 2.24) is 10.3 Å². The van der Waals surface area contributed by atoms with Gasteiger partial charge in [0.2, 0.25) is 5.88 Å². The van der Waals surface area contributed by atoms with Crippen LogP contribution < -0.4 is 15.4 Å². The molecule has 0 spiro atoms. The van der Waals surface area contributed by atoms with Crippen LogP contribution in [0.3, 0.4) is 0 Å². The molecule has 0 unspecified atom stereocenters. The topological polar surface area (TPSA) is 72.5 Å². The predicted octanol–water partition coefficient (Wildman–Crippen LogP) is 1.88. The van der Waals surface area contributed by atoms with Gasteiger partial charge in [-0.05, 0) is 18.1 Å². The summed E-state index contributed by atoms with van der Waals surface area (Å²) in [7, 11) is 1.60. The number of carbonyl (C=O) groups is 1. The first-order valence-corrected chi connectivity index (χ1v) is 6.25. The molecule has 0 aliphatic carbocycles. The summed E-state index contributed by atoms with van der Waals surface area (Å²) < 4.78 is 10.3. The Labute approximate surface area is 113 Å². The fourth-order valence-corrected chi connectivity index (χ4v) is 1.29. The molecule has 2 N–H and O–H groups in total. The van der Waals surface area contributed by atoms with Crippen LogP contribution in [0.5, 0.6) is 5.88 Å². The lowest BCUT2D eigenvalue weighted by atomic mass is 10.2. The van der Waals surface area contributed by atoms with Crippen molar-refractivity contribution in [1.29, 1.82) is 0 Å². The molecule has 2 amide bonds. The quantitative estimate of drug-likeness (QED) is 0.740. The van der Waals surface area contributed by atoms with E-state index in [1.54, 1.807) is 25.4 Å². The maximum Gasteiger partial charge on any atom is 0.319 e. The zero-order valence-corrected chi connectivity index (χ0v) is 11.6. The van der Waals surface area contributed by atoms with E-state index >= 15 is 0 Å². The Balaban J connectivity index is 2.54. The highest BCUT2D eigenvalue weighted by molar-refractivity contribution is 5.90. The van der Waals surface area contributed by atoms with E-state index in [0.29, 0.717) is 37.2 Å². The zero-order chi connectivity index (χ0) is 14.1. The average molecular weight is 267 g/mol.